The molecular weight excluding hydrogens is 155 g/mol. The molecule has 0 radical (unpaired) electrons. The first kappa shape index (κ1) is 5.22. The van der Waals surface area contributed by atoms with Gasteiger partial charge in [-0.1, -0.05) is 0 Å². The Balaban J connectivity index is 1.97. The third-order valence-corrected chi connectivity index (χ3v) is 2.70. The van der Waals surface area contributed by atoms with Crippen LogP contribution in [0, 0.1) is 0 Å². The first-order valence-corrected chi connectivity index (χ1v) is 5.29. The zero-order valence-corrected chi connectivity index (χ0v) is 5.51. The predicted molar refractivity (Wildman–Crippen MR) is 28.6 cm³/mol. The molecule has 0 aliphatic rings. The molecule has 0 amide bonds. The molecule has 0 aliphatic carbocycles. The number of thiol groups is 2. The molecule has 0 N–H and O–H groups in total. The van der Waals surface area contributed by atoms with E-state index < -0.39 is 0 Å². The summed E-state index contributed by atoms with van der Waals surface area (Å²) in [5, 5.41) is 0. The van der Waals surface area contributed by atoms with Gasteiger partial charge in [0, 0.05) is 0 Å². The van der Waals surface area contributed by atoms with Crippen molar-refractivity contribution in [2.75, 3.05) is 4.65 Å². The van der Waals surface area contributed by atoms with Crippen molar-refractivity contribution < 1.29 is 0 Å². The number of hydrogen-bond donors (Lipinski definition) is 2. The molecular formula is CH4S2Se. The summed E-state index contributed by atoms with van der Waals surface area (Å²) in [6.07, 6.45) is 0. The zero-order chi connectivity index (χ0) is 3.41. The van der Waals surface area contributed by atoms with Crippen LogP contribution in [0.3, 0.4) is 0 Å². The molecule has 0 spiro atoms. The Morgan fingerprint density at radius 1 is 1.75 bits per heavy atom. The van der Waals surface area contributed by atoms with Gasteiger partial charge < -0.3 is 0 Å². The van der Waals surface area contributed by atoms with Crippen LogP contribution in [0.2, 0.25) is 0 Å². The van der Waals surface area contributed by atoms with Gasteiger partial charge in [-0.05, 0) is 0 Å². The molecule has 0 aliphatic heterocycles. The van der Waals surface area contributed by atoms with Crippen molar-refractivity contribution in [2.24, 2.45) is 0 Å². The van der Waals surface area contributed by atoms with Crippen molar-refractivity contribution in [1.82, 2.24) is 0 Å². The van der Waals surface area contributed by atoms with E-state index in [2.05, 4.69) is 23.7 Å². The maximum absolute atomic E-state index is 3.91. The van der Waals surface area contributed by atoms with Gasteiger partial charge in [0.05, 0.1) is 0 Å². The monoisotopic (exact) mass is 160 g/mol. The summed E-state index contributed by atoms with van der Waals surface area (Å²) in [7, 11) is 0. The topological polar surface area (TPSA) is 0 Å². The standard InChI is InChI=1S/CH4S2Se/c2-1-4-3/h2-3H,1H2. The molecule has 0 fully saturated rings. The first-order valence-electron chi connectivity index (χ1n) is 0.787. The maximum atomic E-state index is 3.91. The second kappa shape index (κ2) is 4.22. The second-order valence-electron chi connectivity index (χ2n) is 0.258. The minimum atomic E-state index is 0.475. The van der Waals surface area contributed by atoms with E-state index in [0.29, 0.717) is 13.8 Å². The fourth-order valence-corrected chi connectivity index (χ4v) is 0. The van der Waals surface area contributed by atoms with E-state index >= 15 is 0 Å². The molecule has 0 saturated carbocycles. The Hall–Kier alpha value is 1.22. The Kier molecular flexibility index (Phi) is 5.51. The Morgan fingerprint density at radius 3 is 2.00 bits per heavy atom. The normalized spacial score (nSPS) is 7.50. The predicted octanol–water partition coefficient (Wildman–Crippen LogP) is 0.423. The van der Waals surface area contributed by atoms with E-state index in [1.807, 2.05) is 0 Å². The molecule has 0 aromatic rings. The van der Waals surface area contributed by atoms with Gasteiger partial charge in [0.2, 0.25) is 0 Å². The van der Waals surface area contributed by atoms with Crippen LogP contribution < -0.4 is 0 Å². The molecule has 26 valence electrons. The minimum absolute atomic E-state index is 0.475. The molecule has 0 saturated heterocycles. The van der Waals surface area contributed by atoms with Gasteiger partial charge in [-0.25, -0.2) is 0 Å². The van der Waals surface area contributed by atoms with Gasteiger partial charge in [-0.15, -0.1) is 0 Å². The van der Waals surface area contributed by atoms with Crippen LogP contribution in [0.5, 0.6) is 0 Å². The van der Waals surface area contributed by atoms with Crippen LogP contribution >= 0.6 is 23.7 Å². The van der Waals surface area contributed by atoms with Crippen molar-refractivity contribution in [3.8, 4) is 0 Å². The average molecular weight is 159 g/mol. The number of rotatable bonds is 1. The van der Waals surface area contributed by atoms with Gasteiger partial charge in [0.25, 0.3) is 0 Å². The molecule has 0 heterocycles. The molecule has 0 unspecified atom stereocenters. The summed E-state index contributed by atoms with van der Waals surface area (Å²) < 4.78 is 0.941. The van der Waals surface area contributed by atoms with Gasteiger partial charge >= 0.3 is 42.2 Å². The molecule has 0 bridgehead atoms. The fourth-order valence-electron chi connectivity index (χ4n) is 0. The molecule has 0 aromatic heterocycles. The summed E-state index contributed by atoms with van der Waals surface area (Å²) in [6.45, 7) is 0. The second-order valence-corrected chi connectivity index (χ2v) is 4.02. The molecule has 3 heteroatoms. The van der Waals surface area contributed by atoms with E-state index in [0.717, 1.165) is 4.65 Å². The zero-order valence-electron chi connectivity index (χ0n) is 2.01. The SMILES string of the molecule is SC[Se]S. The van der Waals surface area contributed by atoms with Crippen LogP contribution in [0.25, 0.3) is 0 Å². The van der Waals surface area contributed by atoms with Crippen LogP contribution in [0.1, 0.15) is 0 Å². The third-order valence-electron chi connectivity index (χ3n) is 0.0577. The van der Waals surface area contributed by atoms with E-state index in [1.165, 1.54) is 0 Å². The summed E-state index contributed by atoms with van der Waals surface area (Å²) >= 11 is 8.25. The van der Waals surface area contributed by atoms with Gasteiger partial charge in [-0.3, -0.25) is 0 Å². The van der Waals surface area contributed by atoms with E-state index in [4.69, 9.17) is 0 Å². The van der Waals surface area contributed by atoms with Crippen molar-refractivity contribution in [2.45, 2.75) is 0 Å². The van der Waals surface area contributed by atoms with E-state index in [9.17, 15) is 0 Å². The molecule has 0 aromatic carbocycles. The van der Waals surface area contributed by atoms with Gasteiger partial charge in [0.15, 0.2) is 0 Å². The summed E-state index contributed by atoms with van der Waals surface area (Å²) in [5.41, 5.74) is 0. The fraction of sp³-hybridized carbons (Fsp3) is 1.00. The van der Waals surface area contributed by atoms with Crippen LogP contribution in [0.15, 0.2) is 0 Å². The van der Waals surface area contributed by atoms with Crippen LogP contribution in [-0.4, -0.2) is 18.5 Å². The molecule has 4 heavy (non-hydrogen) atoms. The Bertz CT molecular complexity index is 8.00. The van der Waals surface area contributed by atoms with Crippen LogP contribution in [-0.2, 0) is 0 Å². The first-order chi connectivity index (χ1) is 1.91. The van der Waals surface area contributed by atoms with E-state index in [1.54, 1.807) is 0 Å². The van der Waals surface area contributed by atoms with Crippen LogP contribution in [0.4, 0.5) is 0 Å². The summed E-state index contributed by atoms with van der Waals surface area (Å²) in [5.74, 6) is 0. The van der Waals surface area contributed by atoms with Crippen molar-refractivity contribution in [1.29, 1.82) is 0 Å². The third kappa shape index (κ3) is 3.22. The molecule has 0 atom stereocenters. The molecule has 0 rings (SSSR count). The average Bonchev–Trinajstić information content (AvgIpc) is 1.37. The summed E-state index contributed by atoms with van der Waals surface area (Å²) in [4.78, 5) is 0. The molecule has 0 nitrogen and oxygen atoms in total. The van der Waals surface area contributed by atoms with Gasteiger partial charge in [-0.2, -0.15) is 0 Å². The van der Waals surface area contributed by atoms with Crippen molar-refractivity contribution in [3.05, 3.63) is 0 Å². The van der Waals surface area contributed by atoms with E-state index in [-0.39, 0.29) is 0 Å². The quantitative estimate of drug-likeness (QED) is 0.402. The van der Waals surface area contributed by atoms with Gasteiger partial charge in [0.1, 0.15) is 0 Å². The van der Waals surface area contributed by atoms with Crippen molar-refractivity contribution >= 4 is 37.5 Å². The van der Waals surface area contributed by atoms with Crippen molar-refractivity contribution in [3.63, 3.8) is 0 Å². The number of hydrogen-bond acceptors (Lipinski definition) is 2. The Morgan fingerprint density at radius 2 is 2.00 bits per heavy atom. The Labute approximate surface area is 42.4 Å². The summed E-state index contributed by atoms with van der Waals surface area (Å²) in [6, 6.07) is 0.